The summed E-state index contributed by atoms with van der Waals surface area (Å²) in [5, 5.41) is 12.2. The molecule has 0 bridgehead atoms. The Morgan fingerprint density at radius 3 is 2.57 bits per heavy atom. The smallest absolute Gasteiger partial charge is 0.164 e. The molecule has 1 fully saturated rings. The van der Waals surface area contributed by atoms with Crippen molar-refractivity contribution in [3.05, 3.63) is 29.8 Å². The van der Waals surface area contributed by atoms with Gasteiger partial charge in [0.2, 0.25) is 0 Å². The first-order valence-corrected chi connectivity index (χ1v) is 4.81. The third-order valence-electron chi connectivity index (χ3n) is 2.55. The molecular weight excluding hydrogens is 178 g/mol. The maximum absolute atomic E-state index is 11.6. The standard InChI is InChI=1S/C11H13NO2/c13-10-3-1-8(2-4-10)11(14)7-9-5-6-12-9/h1-4,9,12-13H,5-7H2. The molecule has 14 heavy (non-hydrogen) atoms. The summed E-state index contributed by atoms with van der Waals surface area (Å²) in [6.07, 6.45) is 1.65. The number of nitrogens with one attached hydrogen (secondary N) is 1. The van der Waals surface area contributed by atoms with Gasteiger partial charge in [-0.05, 0) is 37.2 Å². The number of phenolic OH excluding ortho intramolecular Hbond substituents is 1. The van der Waals surface area contributed by atoms with Crippen LogP contribution in [0.3, 0.4) is 0 Å². The lowest BCUT2D eigenvalue weighted by Crippen LogP contribution is -2.44. The summed E-state index contributed by atoms with van der Waals surface area (Å²) in [5.41, 5.74) is 0.677. The Labute approximate surface area is 82.8 Å². The maximum Gasteiger partial charge on any atom is 0.164 e. The Morgan fingerprint density at radius 2 is 2.07 bits per heavy atom. The molecule has 74 valence electrons. The van der Waals surface area contributed by atoms with Crippen molar-refractivity contribution in [2.24, 2.45) is 0 Å². The van der Waals surface area contributed by atoms with E-state index in [9.17, 15) is 4.79 Å². The normalized spacial score (nSPS) is 20.1. The van der Waals surface area contributed by atoms with Crippen molar-refractivity contribution >= 4 is 5.78 Å². The highest BCUT2D eigenvalue weighted by Crippen LogP contribution is 2.14. The minimum absolute atomic E-state index is 0.141. The topological polar surface area (TPSA) is 49.3 Å². The van der Waals surface area contributed by atoms with Gasteiger partial charge in [0.15, 0.2) is 5.78 Å². The molecule has 0 saturated carbocycles. The number of carbonyl (C=O) groups excluding carboxylic acids is 1. The second-order valence-electron chi connectivity index (χ2n) is 3.61. The van der Waals surface area contributed by atoms with Crippen molar-refractivity contribution in [3.8, 4) is 5.75 Å². The Kier molecular flexibility index (Phi) is 2.50. The number of Topliss-reactive ketones (excluding diaryl/α,β-unsaturated/α-hetero) is 1. The van der Waals surface area contributed by atoms with E-state index in [1.807, 2.05) is 0 Å². The molecule has 2 rings (SSSR count). The number of hydrogen-bond acceptors (Lipinski definition) is 3. The van der Waals surface area contributed by atoms with Gasteiger partial charge in [0.25, 0.3) is 0 Å². The molecule has 1 unspecified atom stereocenters. The van der Waals surface area contributed by atoms with Crippen molar-refractivity contribution in [2.75, 3.05) is 6.54 Å². The Morgan fingerprint density at radius 1 is 1.43 bits per heavy atom. The van der Waals surface area contributed by atoms with Gasteiger partial charge in [0.1, 0.15) is 5.75 Å². The molecular formula is C11H13NO2. The zero-order valence-corrected chi connectivity index (χ0v) is 7.86. The predicted octanol–water partition coefficient (Wildman–Crippen LogP) is 1.33. The molecule has 3 nitrogen and oxygen atoms in total. The van der Waals surface area contributed by atoms with Crippen LogP contribution in [-0.2, 0) is 0 Å². The third-order valence-corrected chi connectivity index (χ3v) is 2.55. The van der Waals surface area contributed by atoms with Gasteiger partial charge < -0.3 is 10.4 Å². The molecule has 0 amide bonds. The Bertz CT molecular complexity index is 328. The van der Waals surface area contributed by atoms with Crippen LogP contribution in [0.25, 0.3) is 0 Å². The third kappa shape index (κ3) is 1.93. The predicted molar refractivity (Wildman–Crippen MR) is 53.5 cm³/mol. The molecule has 0 spiro atoms. The molecule has 1 atom stereocenters. The zero-order valence-electron chi connectivity index (χ0n) is 7.86. The molecule has 1 aliphatic heterocycles. The molecule has 1 aliphatic rings. The van der Waals surface area contributed by atoms with Gasteiger partial charge in [0, 0.05) is 18.0 Å². The van der Waals surface area contributed by atoms with E-state index in [2.05, 4.69) is 5.32 Å². The average molecular weight is 191 g/mol. The van der Waals surface area contributed by atoms with E-state index in [1.54, 1.807) is 24.3 Å². The number of ketones is 1. The highest BCUT2D eigenvalue weighted by atomic mass is 16.3. The maximum atomic E-state index is 11.6. The number of rotatable bonds is 3. The summed E-state index contributed by atoms with van der Waals surface area (Å²) in [5.74, 6) is 0.338. The monoisotopic (exact) mass is 191 g/mol. The van der Waals surface area contributed by atoms with Crippen LogP contribution < -0.4 is 5.32 Å². The fourth-order valence-corrected chi connectivity index (χ4v) is 1.51. The van der Waals surface area contributed by atoms with Crippen LogP contribution in [0.4, 0.5) is 0 Å². The number of carbonyl (C=O) groups is 1. The molecule has 1 heterocycles. The average Bonchev–Trinajstić information content (AvgIpc) is 2.12. The fraction of sp³-hybridized carbons (Fsp3) is 0.364. The van der Waals surface area contributed by atoms with Gasteiger partial charge in [0.05, 0.1) is 0 Å². The van der Waals surface area contributed by atoms with Gasteiger partial charge in [-0.2, -0.15) is 0 Å². The molecule has 2 N–H and O–H groups in total. The fourth-order valence-electron chi connectivity index (χ4n) is 1.51. The van der Waals surface area contributed by atoms with Gasteiger partial charge in [-0.3, -0.25) is 4.79 Å². The van der Waals surface area contributed by atoms with E-state index >= 15 is 0 Å². The van der Waals surface area contributed by atoms with E-state index in [-0.39, 0.29) is 11.5 Å². The lowest BCUT2D eigenvalue weighted by molar-refractivity contribution is 0.0956. The molecule has 1 saturated heterocycles. The Balaban J connectivity index is 1.99. The quantitative estimate of drug-likeness (QED) is 0.708. The first-order chi connectivity index (χ1) is 6.75. The van der Waals surface area contributed by atoms with E-state index in [4.69, 9.17) is 5.11 Å². The summed E-state index contributed by atoms with van der Waals surface area (Å²) in [6.45, 7) is 1.02. The van der Waals surface area contributed by atoms with Gasteiger partial charge in [-0.25, -0.2) is 0 Å². The lowest BCUT2D eigenvalue weighted by Gasteiger charge is -2.26. The Hall–Kier alpha value is -1.35. The number of benzene rings is 1. The van der Waals surface area contributed by atoms with Gasteiger partial charge in [-0.15, -0.1) is 0 Å². The van der Waals surface area contributed by atoms with E-state index in [0.717, 1.165) is 13.0 Å². The first kappa shape index (κ1) is 9.21. The van der Waals surface area contributed by atoms with E-state index in [0.29, 0.717) is 18.0 Å². The van der Waals surface area contributed by atoms with E-state index in [1.165, 1.54) is 0 Å². The van der Waals surface area contributed by atoms with E-state index < -0.39 is 0 Å². The summed E-state index contributed by atoms with van der Waals surface area (Å²) in [7, 11) is 0. The summed E-state index contributed by atoms with van der Waals surface area (Å²) in [6, 6.07) is 6.77. The van der Waals surface area contributed by atoms with Crippen molar-refractivity contribution in [3.63, 3.8) is 0 Å². The number of hydrogen-bond donors (Lipinski definition) is 2. The van der Waals surface area contributed by atoms with Crippen molar-refractivity contribution < 1.29 is 9.90 Å². The van der Waals surface area contributed by atoms with Crippen LogP contribution >= 0.6 is 0 Å². The molecule has 0 radical (unpaired) electrons. The van der Waals surface area contributed by atoms with Crippen LogP contribution in [0.1, 0.15) is 23.2 Å². The summed E-state index contributed by atoms with van der Waals surface area (Å²) in [4.78, 5) is 11.6. The van der Waals surface area contributed by atoms with Crippen LogP contribution in [0.2, 0.25) is 0 Å². The largest absolute Gasteiger partial charge is 0.508 e. The summed E-state index contributed by atoms with van der Waals surface area (Å²) >= 11 is 0. The molecule has 3 heteroatoms. The number of phenols is 1. The number of aromatic hydroxyl groups is 1. The highest BCUT2D eigenvalue weighted by Gasteiger charge is 2.20. The van der Waals surface area contributed by atoms with Crippen molar-refractivity contribution in [2.45, 2.75) is 18.9 Å². The molecule has 0 aromatic heterocycles. The molecule has 0 aliphatic carbocycles. The zero-order chi connectivity index (χ0) is 9.97. The van der Waals surface area contributed by atoms with Gasteiger partial charge in [-0.1, -0.05) is 0 Å². The minimum Gasteiger partial charge on any atom is -0.508 e. The molecule has 1 aromatic carbocycles. The van der Waals surface area contributed by atoms with Crippen molar-refractivity contribution in [1.82, 2.24) is 5.32 Å². The second kappa shape index (κ2) is 3.80. The SMILES string of the molecule is O=C(CC1CCN1)c1ccc(O)cc1. The van der Waals surface area contributed by atoms with Crippen molar-refractivity contribution in [1.29, 1.82) is 0 Å². The summed E-state index contributed by atoms with van der Waals surface area (Å²) < 4.78 is 0. The van der Waals surface area contributed by atoms with Gasteiger partial charge >= 0.3 is 0 Å². The first-order valence-electron chi connectivity index (χ1n) is 4.81. The van der Waals surface area contributed by atoms with Crippen LogP contribution in [0.5, 0.6) is 5.75 Å². The highest BCUT2D eigenvalue weighted by molar-refractivity contribution is 5.96. The minimum atomic E-state index is 0.141. The van der Waals surface area contributed by atoms with Crippen LogP contribution in [0.15, 0.2) is 24.3 Å². The van der Waals surface area contributed by atoms with Crippen LogP contribution in [-0.4, -0.2) is 23.5 Å². The van der Waals surface area contributed by atoms with Crippen LogP contribution in [0, 0.1) is 0 Å². The lowest BCUT2D eigenvalue weighted by atomic mass is 9.97. The second-order valence-corrected chi connectivity index (χ2v) is 3.61. The molecule has 1 aromatic rings.